The summed E-state index contributed by atoms with van der Waals surface area (Å²) in [5.41, 5.74) is 1.45. The summed E-state index contributed by atoms with van der Waals surface area (Å²) in [7, 11) is 0. The number of rotatable bonds is 7. The van der Waals surface area contributed by atoms with Crippen molar-refractivity contribution in [3.8, 4) is 16.3 Å². The molecular formula is C22H21F3N4O3S. The standard InChI is InChI=1S/C22H21F3N4O3S/c1-2-18-11-27-20(33-18)15-5-14(6-17(7-15)32-16-3-4-31-12-16)19(30)26-8-13-9-28-21(29-10-13)22(23,24)25/h5-7,9-11,16H,2-4,8,12H2,1H3,(H,26,30). The highest BCUT2D eigenvalue weighted by Crippen LogP contribution is 2.31. The summed E-state index contributed by atoms with van der Waals surface area (Å²) in [6.07, 6.45) is 0.806. The highest BCUT2D eigenvalue weighted by Gasteiger charge is 2.34. The lowest BCUT2D eigenvalue weighted by atomic mass is 10.1. The predicted octanol–water partition coefficient (Wildman–Crippen LogP) is 4.28. The van der Waals surface area contributed by atoms with Gasteiger partial charge in [-0.25, -0.2) is 15.0 Å². The van der Waals surface area contributed by atoms with Gasteiger partial charge in [0.15, 0.2) is 0 Å². The van der Waals surface area contributed by atoms with Crippen LogP contribution >= 0.6 is 11.3 Å². The van der Waals surface area contributed by atoms with E-state index in [1.807, 2.05) is 19.2 Å². The zero-order chi connectivity index (χ0) is 23.4. The summed E-state index contributed by atoms with van der Waals surface area (Å²) >= 11 is 1.54. The summed E-state index contributed by atoms with van der Waals surface area (Å²) in [6, 6.07) is 5.20. The van der Waals surface area contributed by atoms with Gasteiger partial charge in [-0.15, -0.1) is 11.3 Å². The Bertz CT molecular complexity index is 1110. The maximum atomic E-state index is 12.8. The Kier molecular flexibility index (Phi) is 6.89. The van der Waals surface area contributed by atoms with Crippen molar-refractivity contribution in [2.24, 2.45) is 0 Å². The average molecular weight is 478 g/mol. The lowest BCUT2D eigenvalue weighted by molar-refractivity contribution is -0.145. The fraction of sp³-hybridized carbons (Fsp3) is 0.364. The van der Waals surface area contributed by atoms with Crippen LogP contribution in [0.3, 0.4) is 0 Å². The molecule has 1 fully saturated rings. The summed E-state index contributed by atoms with van der Waals surface area (Å²) in [6.45, 7) is 3.13. The maximum absolute atomic E-state index is 12.8. The van der Waals surface area contributed by atoms with Crippen molar-refractivity contribution in [1.29, 1.82) is 0 Å². The highest BCUT2D eigenvalue weighted by atomic mass is 32.1. The molecule has 1 aromatic carbocycles. The van der Waals surface area contributed by atoms with Gasteiger partial charge in [0.2, 0.25) is 5.82 Å². The first-order chi connectivity index (χ1) is 15.8. The number of halogens is 3. The molecule has 0 saturated carbocycles. The molecule has 3 aromatic rings. The van der Waals surface area contributed by atoms with E-state index >= 15 is 0 Å². The molecule has 0 aliphatic carbocycles. The number of nitrogens with zero attached hydrogens (tertiary/aromatic N) is 3. The third kappa shape index (κ3) is 5.85. The third-order valence-electron chi connectivity index (χ3n) is 4.92. The number of carbonyl (C=O) groups excluding carboxylic acids is 1. The molecule has 33 heavy (non-hydrogen) atoms. The molecule has 1 saturated heterocycles. The van der Waals surface area contributed by atoms with Crippen molar-refractivity contribution in [3.63, 3.8) is 0 Å². The lowest BCUT2D eigenvalue weighted by Crippen LogP contribution is -2.24. The quantitative estimate of drug-likeness (QED) is 0.546. The van der Waals surface area contributed by atoms with Crippen LogP contribution in [0.4, 0.5) is 13.2 Å². The molecule has 174 valence electrons. The van der Waals surface area contributed by atoms with Crippen LogP contribution in [0, 0.1) is 0 Å². The minimum absolute atomic E-state index is 0.0227. The molecule has 1 atom stereocenters. The molecule has 1 N–H and O–H groups in total. The zero-order valence-corrected chi connectivity index (χ0v) is 18.5. The second-order valence-electron chi connectivity index (χ2n) is 7.43. The first-order valence-corrected chi connectivity index (χ1v) is 11.1. The van der Waals surface area contributed by atoms with Crippen molar-refractivity contribution in [1.82, 2.24) is 20.3 Å². The van der Waals surface area contributed by atoms with E-state index in [0.717, 1.165) is 40.7 Å². The predicted molar refractivity (Wildman–Crippen MR) is 115 cm³/mol. The Morgan fingerprint density at radius 3 is 2.64 bits per heavy atom. The zero-order valence-electron chi connectivity index (χ0n) is 17.7. The second kappa shape index (κ2) is 9.84. The molecular weight excluding hydrogens is 457 g/mol. The van der Waals surface area contributed by atoms with Gasteiger partial charge in [0.1, 0.15) is 16.9 Å². The first kappa shape index (κ1) is 23.1. The number of nitrogens with one attached hydrogen (secondary N) is 1. The first-order valence-electron chi connectivity index (χ1n) is 10.3. The van der Waals surface area contributed by atoms with Crippen LogP contribution in [0.5, 0.6) is 5.75 Å². The van der Waals surface area contributed by atoms with E-state index in [4.69, 9.17) is 9.47 Å². The molecule has 0 spiro atoms. The van der Waals surface area contributed by atoms with E-state index in [1.54, 1.807) is 12.1 Å². The molecule has 3 heterocycles. The van der Waals surface area contributed by atoms with Crippen molar-refractivity contribution in [2.45, 2.75) is 38.6 Å². The van der Waals surface area contributed by atoms with Crippen molar-refractivity contribution in [2.75, 3.05) is 13.2 Å². The Hall–Kier alpha value is -3.05. The fourth-order valence-electron chi connectivity index (χ4n) is 3.20. The van der Waals surface area contributed by atoms with E-state index in [-0.39, 0.29) is 12.6 Å². The molecule has 1 amide bonds. The van der Waals surface area contributed by atoms with Gasteiger partial charge in [-0.1, -0.05) is 6.92 Å². The van der Waals surface area contributed by atoms with Crippen molar-refractivity contribution >= 4 is 17.2 Å². The number of hydrogen-bond donors (Lipinski definition) is 1. The minimum atomic E-state index is -4.61. The largest absolute Gasteiger partial charge is 0.488 e. The maximum Gasteiger partial charge on any atom is 0.451 e. The molecule has 7 nitrogen and oxygen atoms in total. The molecule has 1 aliphatic rings. The van der Waals surface area contributed by atoms with Gasteiger partial charge in [0, 0.05) is 53.1 Å². The van der Waals surface area contributed by atoms with Gasteiger partial charge in [0.25, 0.3) is 5.91 Å². The van der Waals surface area contributed by atoms with Crippen LogP contribution in [0.2, 0.25) is 0 Å². The van der Waals surface area contributed by atoms with Gasteiger partial charge >= 0.3 is 6.18 Å². The van der Waals surface area contributed by atoms with Gasteiger partial charge < -0.3 is 14.8 Å². The smallest absolute Gasteiger partial charge is 0.451 e. The molecule has 0 bridgehead atoms. The number of aromatic nitrogens is 3. The summed E-state index contributed by atoms with van der Waals surface area (Å²) in [5.74, 6) is -1.10. The number of alkyl halides is 3. The van der Waals surface area contributed by atoms with E-state index < -0.39 is 17.9 Å². The van der Waals surface area contributed by atoms with Crippen molar-refractivity contribution < 1.29 is 27.4 Å². The SMILES string of the molecule is CCc1cnc(-c2cc(OC3CCOC3)cc(C(=O)NCc3cnc(C(F)(F)F)nc3)c2)s1. The van der Waals surface area contributed by atoms with Gasteiger partial charge in [0.05, 0.1) is 13.2 Å². The normalized spacial score (nSPS) is 16.1. The molecule has 1 unspecified atom stereocenters. The van der Waals surface area contributed by atoms with Crippen LogP contribution < -0.4 is 10.1 Å². The molecule has 0 radical (unpaired) electrons. The van der Waals surface area contributed by atoms with E-state index in [0.29, 0.717) is 30.1 Å². The molecule has 11 heteroatoms. The second-order valence-corrected chi connectivity index (χ2v) is 8.55. The summed E-state index contributed by atoms with van der Waals surface area (Å²) in [4.78, 5) is 25.0. The molecule has 1 aliphatic heterocycles. The number of aryl methyl sites for hydroxylation is 1. The monoisotopic (exact) mass is 478 g/mol. The van der Waals surface area contributed by atoms with Gasteiger partial charge in [-0.2, -0.15) is 13.2 Å². The fourth-order valence-corrected chi connectivity index (χ4v) is 4.04. The van der Waals surface area contributed by atoms with Gasteiger partial charge in [-0.3, -0.25) is 4.79 Å². The topological polar surface area (TPSA) is 86.2 Å². The van der Waals surface area contributed by atoms with E-state index in [9.17, 15) is 18.0 Å². The number of amides is 1. The van der Waals surface area contributed by atoms with Crippen LogP contribution in [-0.2, 0) is 23.9 Å². The summed E-state index contributed by atoms with van der Waals surface area (Å²) in [5, 5.41) is 3.46. The summed E-state index contributed by atoms with van der Waals surface area (Å²) < 4.78 is 49.2. The highest BCUT2D eigenvalue weighted by molar-refractivity contribution is 7.15. The van der Waals surface area contributed by atoms with E-state index in [1.165, 1.54) is 11.3 Å². The number of benzene rings is 1. The molecule has 2 aromatic heterocycles. The van der Waals surface area contributed by atoms with Crippen LogP contribution in [-0.4, -0.2) is 40.2 Å². The number of ether oxygens (including phenoxy) is 2. The Morgan fingerprint density at radius 2 is 2.00 bits per heavy atom. The Labute approximate surface area is 192 Å². The number of thiazole rings is 1. The molecule has 4 rings (SSSR count). The number of carbonyl (C=O) groups is 1. The van der Waals surface area contributed by atoms with E-state index in [2.05, 4.69) is 20.3 Å². The average Bonchev–Trinajstić information content (AvgIpc) is 3.49. The van der Waals surface area contributed by atoms with Crippen molar-refractivity contribution in [3.05, 3.63) is 58.6 Å². The minimum Gasteiger partial charge on any atom is -0.488 e. The van der Waals surface area contributed by atoms with Crippen LogP contribution in [0.25, 0.3) is 10.6 Å². The lowest BCUT2D eigenvalue weighted by Gasteiger charge is -2.14. The Balaban J connectivity index is 1.53. The van der Waals surface area contributed by atoms with Crippen LogP contribution in [0.1, 0.15) is 40.0 Å². The Morgan fingerprint density at radius 1 is 1.21 bits per heavy atom. The number of hydrogen-bond acceptors (Lipinski definition) is 7. The third-order valence-corrected chi connectivity index (χ3v) is 6.11. The van der Waals surface area contributed by atoms with Gasteiger partial charge in [-0.05, 0) is 24.6 Å². The van der Waals surface area contributed by atoms with Crippen LogP contribution in [0.15, 0.2) is 36.8 Å².